The zero-order valence-electron chi connectivity index (χ0n) is 10.1. The molecule has 1 aromatic carbocycles. The molecule has 4 nitrogen and oxygen atoms in total. The Morgan fingerprint density at radius 1 is 1.21 bits per heavy atom. The molecular formula is C14H13BrN2O2. The van der Waals surface area contributed by atoms with Gasteiger partial charge in [-0.25, -0.2) is 0 Å². The van der Waals surface area contributed by atoms with Gasteiger partial charge in [0.15, 0.2) is 0 Å². The monoisotopic (exact) mass is 320 g/mol. The van der Waals surface area contributed by atoms with Gasteiger partial charge in [-0.3, -0.25) is 9.78 Å². The first-order chi connectivity index (χ1) is 9.20. The molecular weight excluding hydrogens is 308 g/mol. The molecule has 0 radical (unpaired) electrons. The molecule has 0 saturated carbocycles. The highest BCUT2D eigenvalue weighted by Gasteiger charge is 2.09. The van der Waals surface area contributed by atoms with Gasteiger partial charge < -0.3 is 10.4 Å². The van der Waals surface area contributed by atoms with Crippen molar-refractivity contribution >= 4 is 21.8 Å². The molecule has 0 aliphatic heterocycles. The van der Waals surface area contributed by atoms with Crippen molar-refractivity contribution in [2.75, 3.05) is 0 Å². The summed E-state index contributed by atoms with van der Waals surface area (Å²) in [5, 5.41) is 13.1. The SMILES string of the molecule is O=C(NCc1ccc(CBr)cc1)c1ccncc1O. The number of nitrogens with one attached hydrogen (secondary N) is 1. The van der Waals surface area contributed by atoms with Gasteiger partial charge in [0.05, 0.1) is 11.8 Å². The predicted molar refractivity (Wildman–Crippen MR) is 76.1 cm³/mol. The highest BCUT2D eigenvalue weighted by molar-refractivity contribution is 9.08. The number of halogens is 1. The molecule has 0 atom stereocenters. The van der Waals surface area contributed by atoms with Crippen LogP contribution in [0.15, 0.2) is 42.7 Å². The molecule has 1 aromatic heterocycles. The number of pyridine rings is 1. The quantitative estimate of drug-likeness (QED) is 0.851. The molecule has 19 heavy (non-hydrogen) atoms. The second-order valence-electron chi connectivity index (χ2n) is 4.03. The molecule has 1 heterocycles. The molecule has 0 saturated heterocycles. The molecule has 0 fully saturated rings. The van der Waals surface area contributed by atoms with Crippen LogP contribution >= 0.6 is 15.9 Å². The second-order valence-corrected chi connectivity index (χ2v) is 4.59. The van der Waals surface area contributed by atoms with Crippen molar-refractivity contribution in [3.63, 3.8) is 0 Å². The van der Waals surface area contributed by atoms with E-state index in [0.717, 1.165) is 10.9 Å². The largest absolute Gasteiger partial charge is 0.505 e. The van der Waals surface area contributed by atoms with E-state index in [-0.39, 0.29) is 17.2 Å². The minimum Gasteiger partial charge on any atom is -0.505 e. The summed E-state index contributed by atoms with van der Waals surface area (Å²) in [6.45, 7) is 0.420. The summed E-state index contributed by atoms with van der Waals surface area (Å²) in [5.41, 5.74) is 2.42. The van der Waals surface area contributed by atoms with Gasteiger partial charge in [0.2, 0.25) is 0 Å². The summed E-state index contributed by atoms with van der Waals surface area (Å²) in [7, 11) is 0. The number of rotatable bonds is 4. The van der Waals surface area contributed by atoms with Gasteiger partial charge in [-0.2, -0.15) is 0 Å². The van der Waals surface area contributed by atoms with Crippen LogP contribution in [0.3, 0.4) is 0 Å². The van der Waals surface area contributed by atoms with Crippen molar-refractivity contribution < 1.29 is 9.90 Å². The highest BCUT2D eigenvalue weighted by Crippen LogP contribution is 2.14. The van der Waals surface area contributed by atoms with Gasteiger partial charge in [-0.05, 0) is 17.2 Å². The standard InChI is InChI=1S/C14H13BrN2O2/c15-7-10-1-3-11(4-2-10)8-17-14(19)12-5-6-16-9-13(12)18/h1-6,9,18H,7-8H2,(H,17,19). The number of aromatic hydroxyl groups is 1. The van der Waals surface area contributed by atoms with Gasteiger partial charge in [0, 0.05) is 18.1 Å². The summed E-state index contributed by atoms with van der Waals surface area (Å²) >= 11 is 3.38. The maximum atomic E-state index is 11.9. The lowest BCUT2D eigenvalue weighted by atomic mass is 10.1. The fraction of sp³-hybridized carbons (Fsp3) is 0.143. The number of hydrogen-bond donors (Lipinski definition) is 2. The average Bonchev–Trinajstić information content (AvgIpc) is 2.46. The Hall–Kier alpha value is -1.88. The number of nitrogens with zero attached hydrogens (tertiary/aromatic N) is 1. The molecule has 0 spiro atoms. The van der Waals surface area contributed by atoms with E-state index in [1.54, 1.807) is 0 Å². The summed E-state index contributed by atoms with van der Waals surface area (Å²) in [5.74, 6) is -0.431. The minimum atomic E-state index is -0.315. The van der Waals surface area contributed by atoms with Crippen molar-refractivity contribution in [1.82, 2.24) is 10.3 Å². The van der Waals surface area contributed by atoms with Crippen LogP contribution in [0, 0.1) is 0 Å². The molecule has 0 aliphatic carbocycles. The Bertz CT molecular complexity index is 570. The fourth-order valence-corrected chi connectivity index (χ4v) is 1.98. The Morgan fingerprint density at radius 3 is 2.53 bits per heavy atom. The number of hydrogen-bond acceptors (Lipinski definition) is 3. The fourth-order valence-electron chi connectivity index (χ4n) is 1.60. The Balaban J connectivity index is 1.98. The maximum Gasteiger partial charge on any atom is 0.255 e. The number of carbonyl (C=O) groups is 1. The van der Waals surface area contributed by atoms with Gasteiger partial charge in [0.25, 0.3) is 5.91 Å². The van der Waals surface area contributed by atoms with Crippen LogP contribution < -0.4 is 5.32 Å². The average molecular weight is 321 g/mol. The first-order valence-electron chi connectivity index (χ1n) is 5.75. The minimum absolute atomic E-state index is 0.116. The molecule has 5 heteroatoms. The summed E-state index contributed by atoms with van der Waals surface area (Å²) in [4.78, 5) is 15.6. The Labute approximate surface area is 119 Å². The van der Waals surface area contributed by atoms with Crippen LogP contribution in [0.25, 0.3) is 0 Å². The normalized spacial score (nSPS) is 10.2. The van der Waals surface area contributed by atoms with E-state index in [2.05, 4.69) is 26.2 Å². The van der Waals surface area contributed by atoms with E-state index in [9.17, 15) is 9.90 Å². The van der Waals surface area contributed by atoms with Crippen molar-refractivity contribution in [2.45, 2.75) is 11.9 Å². The first-order valence-corrected chi connectivity index (χ1v) is 6.88. The van der Waals surface area contributed by atoms with Gasteiger partial charge in [-0.1, -0.05) is 40.2 Å². The predicted octanol–water partition coefficient (Wildman–Crippen LogP) is 2.61. The third-order valence-corrected chi connectivity index (χ3v) is 3.32. The smallest absolute Gasteiger partial charge is 0.255 e. The zero-order valence-corrected chi connectivity index (χ0v) is 11.7. The Kier molecular flexibility index (Phi) is 4.52. The summed E-state index contributed by atoms with van der Waals surface area (Å²) in [6.07, 6.45) is 2.72. The number of amides is 1. The van der Waals surface area contributed by atoms with Crippen LogP contribution in [0.4, 0.5) is 0 Å². The van der Waals surface area contributed by atoms with Crippen LogP contribution in [-0.4, -0.2) is 16.0 Å². The number of benzene rings is 1. The van der Waals surface area contributed by atoms with E-state index in [0.29, 0.717) is 6.54 Å². The van der Waals surface area contributed by atoms with Crippen molar-refractivity contribution in [3.8, 4) is 5.75 Å². The van der Waals surface area contributed by atoms with Crippen LogP contribution in [0.5, 0.6) is 5.75 Å². The molecule has 0 aliphatic rings. The molecule has 2 N–H and O–H groups in total. The maximum absolute atomic E-state index is 11.9. The van der Waals surface area contributed by atoms with Crippen LogP contribution in [0.2, 0.25) is 0 Å². The van der Waals surface area contributed by atoms with Crippen LogP contribution in [-0.2, 0) is 11.9 Å². The van der Waals surface area contributed by atoms with E-state index < -0.39 is 0 Å². The molecule has 1 amide bonds. The lowest BCUT2D eigenvalue weighted by Crippen LogP contribution is -2.22. The van der Waals surface area contributed by atoms with Gasteiger partial charge in [0.1, 0.15) is 5.75 Å². The lowest BCUT2D eigenvalue weighted by Gasteiger charge is -2.07. The summed E-state index contributed by atoms with van der Waals surface area (Å²) < 4.78 is 0. The molecule has 0 unspecified atom stereocenters. The molecule has 98 valence electrons. The molecule has 2 aromatic rings. The van der Waals surface area contributed by atoms with Gasteiger partial charge >= 0.3 is 0 Å². The van der Waals surface area contributed by atoms with E-state index in [1.165, 1.54) is 24.0 Å². The molecule has 2 rings (SSSR count). The van der Waals surface area contributed by atoms with E-state index in [1.807, 2.05) is 24.3 Å². The van der Waals surface area contributed by atoms with Crippen molar-refractivity contribution in [2.24, 2.45) is 0 Å². The Morgan fingerprint density at radius 2 is 1.89 bits per heavy atom. The van der Waals surface area contributed by atoms with Crippen molar-refractivity contribution in [3.05, 3.63) is 59.4 Å². The highest BCUT2D eigenvalue weighted by atomic mass is 79.9. The second kappa shape index (κ2) is 6.33. The van der Waals surface area contributed by atoms with Crippen molar-refractivity contribution in [1.29, 1.82) is 0 Å². The third kappa shape index (κ3) is 3.54. The van der Waals surface area contributed by atoms with Crippen LogP contribution in [0.1, 0.15) is 21.5 Å². The molecule has 0 bridgehead atoms. The number of alkyl halides is 1. The lowest BCUT2D eigenvalue weighted by molar-refractivity contribution is 0.0948. The zero-order chi connectivity index (χ0) is 13.7. The van der Waals surface area contributed by atoms with E-state index >= 15 is 0 Å². The number of carbonyl (C=O) groups excluding carboxylic acids is 1. The van der Waals surface area contributed by atoms with Gasteiger partial charge in [-0.15, -0.1) is 0 Å². The number of aromatic nitrogens is 1. The first kappa shape index (κ1) is 13.5. The summed E-state index contributed by atoms with van der Waals surface area (Å²) in [6, 6.07) is 9.41. The third-order valence-electron chi connectivity index (χ3n) is 2.68. The van der Waals surface area contributed by atoms with E-state index in [4.69, 9.17) is 0 Å². The topological polar surface area (TPSA) is 62.2 Å².